The minimum Gasteiger partial charge on any atom is -0.309 e. The lowest BCUT2D eigenvalue weighted by atomic mass is 9.99. The third kappa shape index (κ3) is 6.03. The van der Waals surface area contributed by atoms with Crippen molar-refractivity contribution >= 4 is 21.8 Å². The molecule has 0 saturated carbocycles. The van der Waals surface area contributed by atoms with Gasteiger partial charge in [-0.25, -0.2) is 15.0 Å². The van der Waals surface area contributed by atoms with Gasteiger partial charge in [-0.05, 0) is 89.0 Å². The fourth-order valence-corrected chi connectivity index (χ4v) is 7.08. The average molecular weight is 702 g/mol. The maximum Gasteiger partial charge on any atom is 0.165 e. The van der Waals surface area contributed by atoms with Crippen molar-refractivity contribution in [2.75, 3.05) is 0 Å². The Bertz CT molecular complexity index is 2900. The van der Waals surface area contributed by atoms with Crippen LogP contribution in [0, 0.1) is 34.0 Å². The topological polar surface area (TPSA) is 115 Å². The van der Waals surface area contributed by atoms with Crippen LogP contribution in [0.15, 0.2) is 164 Å². The van der Waals surface area contributed by atoms with E-state index in [1.165, 1.54) is 0 Å². The third-order valence-corrected chi connectivity index (χ3v) is 9.74. The first-order chi connectivity index (χ1) is 27.1. The highest BCUT2D eigenvalue weighted by atomic mass is 15.0. The Morgan fingerprint density at radius 1 is 0.382 bits per heavy atom. The first kappa shape index (κ1) is 32.7. The molecule has 0 spiro atoms. The molecule has 254 valence electrons. The van der Waals surface area contributed by atoms with Gasteiger partial charge in [0.05, 0.1) is 45.9 Å². The number of nitrogens with zero attached hydrogens (tertiary/aromatic N) is 7. The van der Waals surface area contributed by atoms with Gasteiger partial charge in [0.25, 0.3) is 0 Å². The van der Waals surface area contributed by atoms with E-state index in [0.717, 1.165) is 60.9 Å². The van der Waals surface area contributed by atoms with Gasteiger partial charge in [-0.1, -0.05) is 97.1 Å². The number of aromatic nitrogens is 4. The van der Waals surface area contributed by atoms with Gasteiger partial charge in [0.1, 0.15) is 0 Å². The average Bonchev–Trinajstić information content (AvgIpc) is 3.59. The van der Waals surface area contributed by atoms with Crippen molar-refractivity contribution in [3.05, 3.63) is 180 Å². The van der Waals surface area contributed by atoms with Crippen LogP contribution >= 0.6 is 0 Å². The Kier molecular flexibility index (Phi) is 8.18. The predicted octanol–water partition coefficient (Wildman–Crippen LogP) is 10.9. The van der Waals surface area contributed by atoms with Gasteiger partial charge in [0, 0.05) is 33.2 Å². The third-order valence-electron chi connectivity index (χ3n) is 9.74. The van der Waals surface area contributed by atoms with Gasteiger partial charge in [0.15, 0.2) is 17.5 Å². The number of rotatable bonds is 6. The lowest BCUT2D eigenvalue weighted by Gasteiger charge is -2.13. The fraction of sp³-hybridized carbons (Fsp3) is 0. The molecule has 9 aromatic rings. The molecule has 2 aromatic heterocycles. The molecule has 0 saturated heterocycles. The molecule has 7 nitrogen and oxygen atoms in total. The van der Waals surface area contributed by atoms with E-state index < -0.39 is 0 Å². The zero-order valence-corrected chi connectivity index (χ0v) is 29.2. The maximum absolute atomic E-state index is 10.4. The lowest BCUT2D eigenvalue weighted by Crippen LogP contribution is -2.02. The van der Waals surface area contributed by atoms with Crippen molar-refractivity contribution in [2.45, 2.75) is 0 Å². The molecule has 0 aliphatic carbocycles. The van der Waals surface area contributed by atoms with Gasteiger partial charge in [-0.3, -0.25) is 0 Å². The van der Waals surface area contributed by atoms with E-state index in [2.05, 4.69) is 59.2 Å². The van der Waals surface area contributed by atoms with Crippen LogP contribution in [0.5, 0.6) is 0 Å². The summed E-state index contributed by atoms with van der Waals surface area (Å²) in [5.74, 6) is 1.42. The first-order valence-electron chi connectivity index (χ1n) is 17.6. The summed E-state index contributed by atoms with van der Waals surface area (Å²) in [4.78, 5) is 14.7. The highest BCUT2D eigenvalue weighted by molar-refractivity contribution is 6.11. The van der Waals surface area contributed by atoms with E-state index in [-0.39, 0.29) is 0 Å². The van der Waals surface area contributed by atoms with Crippen molar-refractivity contribution in [3.8, 4) is 80.3 Å². The highest BCUT2D eigenvalue weighted by Crippen LogP contribution is 2.38. The number of fused-ring (bicyclic) bond motifs is 3. The van der Waals surface area contributed by atoms with Gasteiger partial charge < -0.3 is 4.57 Å². The Balaban J connectivity index is 1.28. The molecular formula is C48H27N7. The van der Waals surface area contributed by atoms with E-state index in [1.807, 2.05) is 115 Å². The molecule has 0 bridgehead atoms. The summed E-state index contributed by atoms with van der Waals surface area (Å²) in [5, 5.41) is 31.6. The predicted molar refractivity (Wildman–Crippen MR) is 215 cm³/mol. The van der Waals surface area contributed by atoms with Crippen molar-refractivity contribution in [3.63, 3.8) is 0 Å². The van der Waals surface area contributed by atoms with Crippen LogP contribution in [0.1, 0.15) is 16.7 Å². The maximum atomic E-state index is 10.4. The Morgan fingerprint density at radius 2 is 0.855 bits per heavy atom. The quantitative estimate of drug-likeness (QED) is 0.170. The minimum absolute atomic E-state index is 0.395. The number of benzene rings is 7. The lowest BCUT2D eigenvalue weighted by molar-refractivity contribution is 1.07. The smallest absolute Gasteiger partial charge is 0.165 e. The van der Waals surface area contributed by atoms with Crippen LogP contribution in [0.3, 0.4) is 0 Å². The van der Waals surface area contributed by atoms with E-state index in [9.17, 15) is 15.8 Å². The van der Waals surface area contributed by atoms with E-state index in [1.54, 1.807) is 12.1 Å². The second-order valence-corrected chi connectivity index (χ2v) is 13.1. The van der Waals surface area contributed by atoms with Gasteiger partial charge in [0.2, 0.25) is 0 Å². The molecule has 9 rings (SSSR count). The summed E-state index contributed by atoms with van der Waals surface area (Å²) in [6.07, 6.45) is 0. The number of hydrogen-bond acceptors (Lipinski definition) is 6. The molecule has 0 radical (unpaired) electrons. The van der Waals surface area contributed by atoms with Crippen LogP contribution in [0.4, 0.5) is 0 Å². The molecule has 0 aliphatic rings. The zero-order chi connectivity index (χ0) is 37.3. The second-order valence-electron chi connectivity index (χ2n) is 13.1. The van der Waals surface area contributed by atoms with E-state index in [0.29, 0.717) is 39.7 Å². The normalized spacial score (nSPS) is 10.9. The standard InChI is InChI=1S/C48H27N7/c49-28-31-9-7-15-35(23-31)37-18-21-44-42(25-37)43-26-38(36-16-8-10-32(24-36)29-50)19-22-45(43)55(44)40-20-17-39(30-51)41(27-40)48-53-46(33-11-3-1-4-12-33)52-47(54-48)34-13-5-2-6-14-34/h1-27H. The van der Waals surface area contributed by atoms with Gasteiger partial charge in [-0.2, -0.15) is 15.8 Å². The summed E-state index contributed by atoms with van der Waals surface area (Å²) >= 11 is 0. The summed E-state index contributed by atoms with van der Waals surface area (Å²) < 4.78 is 2.19. The largest absolute Gasteiger partial charge is 0.309 e. The van der Waals surface area contributed by atoms with Crippen LogP contribution in [-0.4, -0.2) is 19.5 Å². The van der Waals surface area contributed by atoms with Crippen LogP contribution in [0.25, 0.3) is 83.9 Å². The van der Waals surface area contributed by atoms with Crippen LogP contribution in [-0.2, 0) is 0 Å². The molecule has 55 heavy (non-hydrogen) atoms. The van der Waals surface area contributed by atoms with E-state index >= 15 is 0 Å². The molecule has 0 amide bonds. The molecule has 0 fully saturated rings. The molecular weight excluding hydrogens is 675 g/mol. The van der Waals surface area contributed by atoms with Crippen molar-refractivity contribution < 1.29 is 0 Å². The van der Waals surface area contributed by atoms with Crippen molar-refractivity contribution in [1.82, 2.24) is 19.5 Å². The Hall–Kier alpha value is -8.18. The van der Waals surface area contributed by atoms with Crippen LogP contribution < -0.4 is 0 Å². The molecule has 0 unspecified atom stereocenters. The molecule has 0 N–H and O–H groups in total. The highest BCUT2D eigenvalue weighted by Gasteiger charge is 2.19. The summed E-state index contributed by atoms with van der Waals surface area (Å²) in [6, 6.07) is 60.0. The second kappa shape index (κ2) is 13.7. The Labute approximate surface area is 316 Å². The molecule has 2 heterocycles. The Morgan fingerprint density at radius 3 is 1.35 bits per heavy atom. The van der Waals surface area contributed by atoms with Gasteiger partial charge in [-0.15, -0.1) is 0 Å². The van der Waals surface area contributed by atoms with Gasteiger partial charge >= 0.3 is 0 Å². The molecule has 0 atom stereocenters. The minimum atomic E-state index is 0.395. The molecule has 0 aliphatic heterocycles. The van der Waals surface area contributed by atoms with E-state index in [4.69, 9.17) is 15.0 Å². The summed E-state index contributed by atoms with van der Waals surface area (Å²) in [6.45, 7) is 0. The van der Waals surface area contributed by atoms with Crippen molar-refractivity contribution in [1.29, 1.82) is 15.8 Å². The molecule has 7 heteroatoms. The van der Waals surface area contributed by atoms with Crippen LogP contribution in [0.2, 0.25) is 0 Å². The summed E-state index contributed by atoms with van der Waals surface area (Å²) in [5.41, 5.74) is 10.5. The zero-order valence-electron chi connectivity index (χ0n) is 29.2. The fourth-order valence-electron chi connectivity index (χ4n) is 7.08. The number of hydrogen-bond donors (Lipinski definition) is 0. The monoisotopic (exact) mass is 701 g/mol. The van der Waals surface area contributed by atoms with Crippen molar-refractivity contribution in [2.24, 2.45) is 0 Å². The first-order valence-corrected chi connectivity index (χ1v) is 17.6. The number of nitriles is 3. The molecule has 7 aromatic carbocycles. The SMILES string of the molecule is N#Cc1cccc(-c2ccc3c(c2)c2cc(-c4cccc(C#N)c4)ccc2n3-c2ccc(C#N)c(-c3nc(-c4ccccc4)nc(-c4ccccc4)n3)c2)c1. The summed E-state index contributed by atoms with van der Waals surface area (Å²) in [7, 11) is 0.